The van der Waals surface area contributed by atoms with Gasteiger partial charge in [0.15, 0.2) is 0 Å². The molecular weight excluding hydrogens is 378 g/mol. The van der Waals surface area contributed by atoms with E-state index in [1.807, 2.05) is 24.3 Å². The minimum absolute atomic E-state index is 0.0395. The van der Waals surface area contributed by atoms with Gasteiger partial charge >= 0.3 is 12.1 Å². The first-order chi connectivity index (χ1) is 14.5. The van der Waals surface area contributed by atoms with E-state index in [-0.39, 0.29) is 29.1 Å². The van der Waals surface area contributed by atoms with Crippen molar-refractivity contribution in [2.24, 2.45) is 23.2 Å². The zero-order valence-electron chi connectivity index (χ0n) is 17.1. The molecule has 0 aromatic heterocycles. The molecule has 0 radical (unpaired) electrons. The standard InChI is InChI=1S/C25H27NO4/c1-25(12-6-11-19-21(22(19)25)23(27)28)14-26-24(29)30-13-20-17-9-4-2-7-15(17)16-8-3-5-10-18(16)20/h2-5,7-10,19-22H,6,11-14H2,1H3,(H,26,29)(H,27,28). The van der Waals surface area contributed by atoms with Crippen molar-refractivity contribution in [3.05, 3.63) is 59.7 Å². The lowest BCUT2D eigenvalue weighted by Crippen LogP contribution is -2.39. The van der Waals surface area contributed by atoms with Crippen molar-refractivity contribution in [3.8, 4) is 11.1 Å². The fourth-order valence-electron chi connectivity index (χ4n) is 6.06. The molecule has 2 aromatic rings. The SMILES string of the molecule is CC1(CNC(=O)OCC2c3ccccc3-c3ccccc32)CCCC2C(C(=O)O)C21. The second kappa shape index (κ2) is 7.15. The molecule has 0 aliphatic heterocycles. The number of alkyl carbamates (subject to hydrolysis) is 1. The van der Waals surface area contributed by atoms with Crippen LogP contribution in [0.25, 0.3) is 11.1 Å². The molecule has 5 heteroatoms. The van der Waals surface area contributed by atoms with Crippen molar-refractivity contribution in [2.75, 3.05) is 13.2 Å². The molecule has 2 N–H and O–H groups in total. The lowest BCUT2D eigenvalue weighted by Gasteiger charge is -2.33. The highest BCUT2D eigenvalue weighted by Gasteiger charge is 2.63. The third-order valence-electron chi connectivity index (χ3n) is 7.52. The number of rotatable bonds is 5. The van der Waals surface area contributed by atoms with Gasteiger partial charge in [-0.1, -0.05) is 61.9 Å². The third kappa shape index (κ3) is 3.08. The highest BCUT2D eigenvalue weighted by Crippen LogP contribution is 2.63. The topological polar surface area (TPSA) is 75.6 Å². The van der Waals surface area contributed by atoms with Crippen LogP contribution in [0.3, 0.4) is 0 Å². The van der Waals surface area contributed by atoms with E-state index in [2.05, 4.69) is 36.5 Å². The van der Waals surface area contributed by atoms with E-state index < -0.39 is 12.1 Å². The highest BCUT2D eigenvalue weighted by molar-refractivity contribution is 5.79. The highest BCUT2D eigenvalue weighted by atomic mass is 16.5. The van der Waals surface area contributed by atoms with E-state index >= 15 is 0 Å². The van der Waals surface area contributed by atoms with E-state index in [0.717, 1.165) is 19.3 Å². The smallest absolute Gasteiger partial charge is 0.407 e. The Bertz CT molecular complexity index is 957. The van der Waals surface area contributed by atoms with Crippen LogP contribution in [0.4, 0.5) is 4.79 Å². The maximum absolute atomic E-state index is 12.5. The molecule has 0 spiro atoms. The molecule has 0 bridgehead atoms. The minimum atomic E-state index is -0.695. The number of carbonyl (C=O) groups is 2. The fourth-order valence-corrected chi connectivity index (χ4v) is 6.06. The van der Waals surface area contributed by atoms with Crippen LogP contribution >= 0.6 is 0 Å². The van der Waals surface area contributed by atoms with Crippen LogP contribution in [0.5, 0.6) is 0 Å². The summed E-state index contributed by atoms with van der Waals surface area (Å²) in [6, 6.07) is 16.5. The number of carboxylic acids is 1. The summed E-state index contributed by atoms with van der Waals surface area (Å²) in [5.74, 6) is -0.470. The Labute approximate surface area is 176 Å². The molecule has 30 heavy (non-hydrogen) atoms. The van der Waals surface area contributed by atoms with Gasteiger partial charge < -0.3 is 15.2 Å². The maximum Gasteiger partial charge on any atom is 0.407 e. The summed E-state index contributed by atoms with van der Waals surface area (Å²) in [4.78, 5) is 24.0. The number of benzene rings is 2. The monoisotopic (exact) mass is 405 g/mol. The van der Waals surface area contributed by atoms with Crippen LogP contribution in [-0.2, 0) is 9.53 Å². The van der Waals surface area contributed by atoms with Crippen molar-refractivity contribution in [3.63, 3.8) is 0 Å². The summed E-state index contributed by atoms with van der Waals surface area (Å²) in [6.07, 6.45) is 2.53. The molecule has 2 fully saturated rings. The van der Waals surface area contributed by atoms with Gasteiger partial charge in [0.1, 0.15) is 6.61 Å². The van der Waals surface area contributed by atoms with Crippen LogP contribution in [0.15, 0.2) is 48.5 Å². The number of hydrogen-bond donors (Lipinski definition) is 2. The summed E-state index contributed by atoms with van der Waals surface area (Å²) in [6.45, 7) is 2.87. The molecule has 3 aliphatic carbocycles. The Balaban J connectivity index is 1.22. The Kier molecular flexibility index (Phi) is 4.57. The zero-order chi connectivity index (χ0) is 20.9. The molecule has 5 nitrogen and oxygen atoms in total. The van der Waals surface area contributed by atoms with E-state index in [4.69, 9.17) is 4.74 Å². The molecule has 4 unspecified atom stereocenters. The summed E-state index contributed by atoms with van der Waals surface area (Å²) >= 11 is 0. The zero-order valence-corrected chi connectivity index (χ0v) is 17.1. The van der Waals surface area contributed by atoms with Crippen LogP contribution in [0, 0.1) is 23.2 Å². The van der Waals surface area contributed by atoms with Gasteiger partial charge in [-0.2, -0.15) is 0 Å². The summed E-state index contributed by atoms with van der Waals surface area (Å²) < 4.78 is 5.63. The Morgan fingerprint density at radius 2 is 1.73 bits per heavy atom. The number of hydrogen-bond acceptors (Lipinski definition) is 3. The van der Waals surface area contributed by atoms with Gasteiger partial charge in [0.2, 0.25) is 0 Å². The number of amides is 1. The molecule has 0 heterocycles. The summed E-state index contributed by atoms with van der Waals surface area (Å²) in [5, 5.41) is 12.4. The average molecular weight is 405 g/mol. The van der Waals surface area contributed by atoms with Gasteiger partial charge in [0.05, 0.1) is 5.92 Å². The normalized spacial score (nSPS) is 28.8. The van der Waals surface area contributed by atoms with Crippen LogP contribution < -0.4 is 5.32 Å². The summed E-state index contributed by atoms with van der Waals surface area (Å²) in [5.41, 5.74) is 4.62. The van der Waals surface area contributed by atoms with E-state index in [1.54, 1.807) is 0 Å². The first-order valence-corrected chi connectivity index (χ1v) is 10.8. The average Bonchev–Trinajstić information content (AvgIpc) is 3.42. The number of carbonyl (C=O) groups excluding carboxylic acids is 1. The minimum Gasteiger partial charge on any atom is -0.481 e. The van der Waals surface area contributed by atoms with Crippen molar-refractivity contribution >= 4 is 12.1 Å². The lowest BCUT2D eigenvalue weighted by atomic mass is 9.75. The second-order valence-electron chi connectivity index (χ2n) is 9.28. The predicted molar refractivity (Wildman–Crippen MR) is 113 cm³/mol. The van der Waals surface area contributed by atoms with E-state index in [0.29, 0.717) is 13.2 Å². The molecule has 4 atom stereocenters. The van der Waals surface area contributed by atoms with E-state index in [1.165, 1.54) is 22.3 Å². The first-order valence-electron chi connectivity index (χ1n) is 10.8. The van der Waals surface area contributed by atoms with Crippen LogP contribution in [-0.4, -0.2) is 30.3 Å². The summed E-state index contributed by atoms with van der Waals surface area (Å²) in [7, 11) is 0. The Hall–Kier alpha value is -2.82. The number of carboxylic acid groups (broad SMARTS) is 1. The Morgan fingerprint density at radius 1 is 1.10 bits per heavy atom. The van der Waals surface area contributed by atoms with E-state index in [9.17, 15) is 14.7 Å². The van der Waals surface area contributed by atoms with Gasteiger partial charge in [0.25, 0.3) is 0 Å². The maximum atomic E-state index is 12.5. The predicted octanol–water partition coefficient (Wildman–Crippen LogP) is 4.66. The molecule has 2 saturated carbocycles. The molecule has 3 aliphatic rings. The number of nitrogens with one attached hydrogen (secondary N) is 1. The third-order valence-corrected chi connectivity index (χ3v) is 7.52. The largest absolute Gasteiger partial charge is 0.481 e. The number of aliphatic carboxylic acids is 1. The van der Waals surface area contributed by atoms with Gasteiger partial charge in [-0.05, 0) is 52.3 Å². The van der Waals surface area contributed by atoms with Crippen LogP contribution in [0.2, 0.25) is 0 Å². The molecule has 1 amide bonds. The fraction of sp³-hybridized carbons (Fsp3) is 0.440. The van der Waals surface area contributed by atoms with Crippen molar-refractivity contribution < 1.29 is 19.4 Å². The lowest BCUT2D eigenvalue weighted by molar-refractivity contribution is -0.139. The molecule has 0 saturated heterocycles. The van der Waals surface area contributed by atoms with Gasteiger partial charge in [-0.25, -0.2) is 4.79 Å². The second-order valence-corrected chi connectivity index (χ2v) is 9.28. The van der Waals surface area contributed by atoms with Crippen molar-refractivity contribution in [1.82, 2.24) is 5.32 Å². The number of fused-ring (bicyclic) bond motifs is 4. The number of ether oxygens (including phenoxy) is 1. The van der Waals surface area contributed by atoms with Gasteiger partial charge in [-0.3, -0.25) is 4.79 Å². The van der Waals surface area contributed by atoms with Gasteiger partial charge in [-0.15, -0.1) is 0 Å². The first kappa shape index (κ1) is 19.2. The van der Waals surface area contributed by atoms with Crippen LogP contribution in [0.1, 0.15) is 43.2 Å². The van der Waals surface area contributed by atoms with Gasteiger partial charge in [0, 0.05) is 12.5 Å². The molecule has 2 aromatic carbocycles. The molecular formula is C25H27NO4. The van der Waals surface area contributed by atoms with Crippen molar-refractivity contribution in [2.45, 2.75) is 32.1 Å². The molecule has 156 valence electrons. The quantitative estimate of drug-likeness (QED) is 0.758. The Morgan fingerprint density at radius 3 is 2.37 bits per heavy atom. The molecule has 5 rings (SSSR count). The van der Waals surface area contributed by atoms with Crippen molar-refractivity contribution in [1.29, 1.82) is 0 Å².